The monoisotopic (exact) mass is 456 g/mol. The highest BCUT2D eigenvalue weighted by atomic mass is 35.5. The number of furan rings is 1. The van der Waals surface area contributed by atoms with Crippen LogP contribution in [0, 0.1) is 6.92 Å². The van der Waals surface area contributed by atoms with E-state index in [2.05, 4.69) is 9.55 Å². The van der Waals surface area contributed by atoms with Crippen molar-refractivity contribution in [3.8, 4) is 17.2 Å². The van der Waals surface area contributed by atoms with Gasteiger partial charge in [-0.1, -0.05) is 29.8 Å². The summed E-state index contributed by atoms with van der Waals surface area (Å²) in [5, 5.41) is 1.51. The quantitative estimate of drug-likeness (QED) is 0.272. The smallest absolute Gasteiger partial charge is 0.230 e. The molecule has 0 saturated carbocycles. The first-order chi connectivity index (χ1) is 16.0. The number of nitrogens with zero attached hydrogens (tertiary/aromatic N) is 2. The number of carbonyl (C=O) groups is 1. The maximum absolute atomic E-state index is 13.7. The van der Waals surface area contributed by atoms with E-state index in [1.54, 1.807) is 25.4 Å². The van der Waals surface area contributed by atoms with Crippen LogP contribution < -0.4 is 4.74 Å². The molecule has 0 aliphatic carbocycles. The number of fused-ring (bicyclic) bond motifs is 1. The minimum Gasteiger partial charge on any atom is -0.497 e. The number of hydrogen-bond acceptors (Lipinski definition) is 4. The molecule has 3 heterocycles. The number of benzene rings is 2. The molecule has 5 nitrogen and oxygen atoms in total. The zero-order valence-electron chi connectivity index (χ0n) is 18.2. The molecule has 0 bridgehead atoms. The number of halogens is 1. The predicted molar refractivity (Wildman–Crippen MR) is 129 cm³/mol. The lowest BCUT2D eigenvalue weighted by atomic mass is 10.0. The molecular formula is C27H21ClN2O3. The van der Waals surface area contributed by atoms with E-state index in [1.807, 2.05) is 67.6 Å². The molecule has 5 rings (SSSR count). The summed E-state index contributed by atoms with van der Waals surface area (Å²) in [5.41, 5.74) is 4.17. The van der Waals surface area contributed by atoms with Crippen LogP contribution in [-0.2, 0) is 6.54 Å². The van der Waals surface area contributed by atoms with Gasteiger partial charge >= 0.3 is 0 Å². The van der Waals surface area contributed by atoms with Gasteiger partial charge < -0.3 is 13.7 Å². The molecule has 2 aromatic carbocycles. The second-order valence-corrected chi connectivity index (χ2v) is 8.20. The van der Waals surface area contributed by atoms with E-state index in [0.29, 0.717) is 34.3 Å². The Kier molecular flexibility index (Phi) is 5.48. The molecule has 5 aromatic rings. The first-order valence-corrected chi connectivity index (χ1v) is 10.9. The fraction of sp³-hybridized carbons (Fsp3) is 0.111. The van der Waals surface area contributed by atoms with Gasteiger partial charge in [-0.2, -0.15) is 0 Å². The van der Waals surface area contributed by atoms with Gasteiger partial charge in [0.1, 0.15) is 11.4 Å². The molecule has 0 unspecified atom stereocenters. The Morgan fingerprint density at radius 3 is 2.61 bits per heavy atom. The normalized spacial score (nSPS) is 11.1. The van der Waals surface area contributed by atoms with E-state index in [-0.39, 0.29) is 11.5 Å². The molecule has 0 N–H and O–H groups in total. The number of rotatable bonds is 6. The summed E-state index contributed by atoms with van der Waals surface area (Å²) >= 11 is 6.05. The largest absolute Gasteiger partial charge is 0.497 e. The van der Waals surface area contributed by atoms with Gasteiger partial charge in [-0.3, -0.25) is 9.78 Å². The molecule has 3 aromatic heterocycles. The summed E-state index contributed by atoms with van der Waals surface area (Å²) in [5.74, 6) is 1.34. The zero-order chi connectivity index (χ0) is 22.9. The average molecular weight is 457 g/mol. The average Bonchev–Trinajstić information content (AvgIpc) is 3.44. The van der Waals surface area contributed by atoms with Crippen molar-refractivity contribution in [1.29, 1.82) is 0 Å². The lowest BCUT2D eigenvalue weighted by Crippen LogP contribution is -2.05. The van der Waals surface area contributed by atoms with Crippen LogP contribution in [0.4, 0.5) is 0 Å². The molecule has 6 heteroatoms. The van der Waals surface area contributed by atoms with Gasteiger partial charge in [0, 0.05) is 34.4 Å². The zero-order valence-corrected chi connectivity index (χ0v) is 19.0. The second-order valence-electron chi connectivity index (χ2n) is 7.76. The van der Waals surface area contributed by atoms with Crippen molar-refractivity contribution in [2.24, 2.45) is 0 Å². The van der Waals surface area contributed by atoms with Crippen molar-refractivity contribution >= 4 is 28.3 Å². The Morgan fingerprint density at radius 1 is 1.06 bits per heavy atom. The van der Waals surface area contributed by atoms with E-state index >= 15 is 0 Å². The molecule has 0 aliphatic heterocycles. The maximum atomic E-state index is 13.7. The highest BCUT2D eigenvalue weighted by molar-refractivity contribution is 6.30. The van der Waals surface area contributed by atoms with E-state index in [4.69, 9.17) is 20.8 Å². The van der Waals surface area contributed by atoms with Crippen LogP contribution in [0.2, 0.25) is 5.02 Å². The van der Waals surface area contributed by atoms with Crippen molar-refractivity contribution in [2.75, 3.05) is 7.11 Å². The molecule has 164 valence electrons. The van der Waals surface area contributed by atoms with Crippen LogP contribution in [0.3, 0.4) is 0 Å². The van der Waals surface area contributed by atoms with Crippen LogP contribution in [0.1, 0.15) is 27.4 Å². The van der Waals surface area contributed by atoms with Crippen LogP contribution in [0.15, 0.2) is 83.4 Å². The van der Waals surface area contributed by atoms with Gasteiger partial charge in [0.2, 0.25) is 5.78 Å². The van der Waals surface area contributed by atoms with Gasteiger partial charge in [0.05, 0.1) is 12.7 Å². The molecule has 0 aliphatic rings. The topological polar surface area (TPSA) is 57.3 Å². The number of methoxy groups -OCH3 is 1. The first kappa shape index (κ1) is 21.0. The Hall–Kier alpha value is -3.83. The lowest BCUT2D eigenvalue weighted by Gasteiger charge is -2.09. The molecule has 0 radical (unpaired) electrons. The maximum Gasteiger partial charge on any atom is 0.230 e. The third-order valence-electron chi connectivity index (χ3n) is 5.76. The van der Waals surface area contributed by atoms with Crippen molar-refractivity contribution in [3.63, 3.8) is 0 Å². The van der Waals surface area contributed by atoms with Crippen molar-refractivity contribution in [3.05, 3.63) is 107 Å². The van der Waals surface area contributed by atoms with Gasteiger partial charge in [-0.25, -0.2) is 0 Å². The Morgan fingerprint density at radius 2 is 1.88 bits per heavy atom. The number of ether oxygens (including phenoxy) is 1. The Balaban J connectivity index is 1.61. The van der Waals surface area contributed by atoms with Gasteiger partial charge in [0.15, 0.2) is 11.5 Å². The molecule has 0 amide bonds. The minimum absolute atomic E-state index is 0.178. The van der Waals surface area contributed by atoms with Crippen LogP contribution in [-0.4, -0.2) is 22.4 Å². The second kappa shape index (κ2) is 8.60. The van der Waals surface area contributed by atoms with Crippen molar-refractivity contribution < 1.29 is 13.9 Å². The van der Waals surface area contributed by atoms with Crippen molar-refractivity contribution in [2.45, 2.75) is 13.5 Å². The number of aromatic nitrogens is 2. The van der Waals surface area contributed by atoms with Gasteiger partial charge in [-0.05, 0) is 67.1 Å². The van der Waals surface area contributed by atoms with Crippen LogP contribution in [0.5, 0.6) is 5.75 Å². The Labute approximate surface area is 196 Å². The highest BCUT2D eigenvalue weighted by Crippen LogP contribution is 2.33. The summed E-state index contributed by atoms with van der Waals surface area (Å²) in [6.07, 6.45) is 1.69. The summed E-state index contributed by atoms with van der Waals surface area (Å²) in [7, 11) is 1.62. The third-order valence-corrected chi connectivity index (χ3v) is 6.01. The number of hydrogen-bond donors (Lipinski definition) is 0. The van der Waals surface area contributed by atoms with E-state index in [9.17, 15) is 4.79 Å². The SMILES string of the molecule is COc1ccc2c(c1)c(C(=O)c1ccc(-c3ccccn3)o1)c(C)n2Cc1ccc(Cl)cc1. The van der Waals surface area contributed by atoms with Gasteiger partial charge in [-0.15, -0.1) is 0 Å². The minimum atomic E-state index is -0.178. The Bertz CT molecular complexity index is 1450. The highest BCUT2D eigenvalue weighted by Gasteiger charge is 2.24. The number of pyridine rings is 1. The summed E-state index contributed by atoms with van der Waals surface area (Å²) in [4.78, 5) is 18.0. The summed E-state index contributed by atoms with van der Waals surface area (Å²) < 4.78 is 13.5. The van der Waals surface area contributed by atoms with E-state index in [0.717, 1.165) is 22.2 Å². The molecule has 0 spiro atoms. The standard InChI is InChI=1S/C27H21ClN2O3/c1-17-26(27(31)25-13-12-24(33-25)22-5-3-4-14-29-22)21-15-20(32-2)10-11-23(21)30(17)16-18-6-8-19(28)9-7-18/h3-15H,16H2,1-2H3. The molecule has 0 fully saturated rings. The molecule has 0 saturated heterocycles. The fourth-order valence-corrected chi connectivity index (χ4v) is 4.21. The molecule has 33 heavy (non-hydrogen) atoms. The molecule has 0 atom stereocenters. The fourth-order valence-electron chi connectivity index (χ4n) is 4.08. The van der Waals surface area contributed by atoms with Crippen molar-refractivity contribution in [1.82, 2.24) is 9.55 Å². The van der Waals surface area contributed by atoms with Crippen LogP contribution >= 0.6 is 11.6 Å². The van der Waals surface area contributed by atoms with E-state index < -0.39 is 0 Å². The first-order valence-electron chi connectivity index (χ1n) is 10.5. The number of ketones is 1. The van der Waals surface area contributed by atoms with Gasteiger partial charge in [0.25, 0.3) is 0 Å². The number of carbonyl (C=O) groups excluding carboxylic acids is 1. The molecular weight excluding hydrogens is 436 g/mol. The van der Waals surface area contributed by atoms with Crippen LogP contribution in [0.25, 0.3) is 22.4 Å². The van der Waals surface area contributed by atoms with E-state index in [1.165, 1.54) is 0 Å². The summed E-state index contributed by atoms with van der Waals surface area (Å²) in [6, 6.07) is 22.6. The summed E-state index contributed by atoms with van der Waals surface area (Å²) in [6.45, 7) is 2.56. The third kappa shape index (κ3) is 3.92. The predicted octanol–water partition coefficient (Wildman–Crippen LogP) is 6.55. The lowest BCUT2D eigenvalue weighted by molar-refractivity contribution is 0.101.